The second-order valence-corrected chi connectivity index (χ2v) is 6.81. The molecule has 1 aliphatic rings. The molecule has 0 aliphatic carbocycles. The Bertz CT molecular complexity index is 791. The third-order valence-corrected chi connectivity index (χ3v) is 4.68. The van der Waals surface area contributed by atoms with Crippen LogP contribution >= 0.6 is 23.2 Å². The number of hydrogen-bond donors (Lipinski definition) is 1. The van der Waals surface area contributed by atoms with E-state index in [1.807, 2.05) is 12.1 Å². The van der Waals surface area contributed by atoms with E-state index in [9.17, 15) is 9.59 Å². The molecule has 0 saturated carbocycles. The molecular formula is C19H18Cl2N2O2. The molecule has 0 spiro atoms. The van der Waals surface area contributed by atoms with Crippen LogP contribution in [0.3, 0.4) is 0 Å². The van der Waals surface area contributed by atoms with E-state index in [-0.39, 0.29) is 18.2 Å². The van der Waals surface area contributed by atoms with E-state index in [1.165, 1.54) is 0 Å². The molecule has 4 nitrogen and oxygen atoms in total. The van der Waals surface area contributed by atoms with Gasteiger partial charge in [-0.3, -0.25) is 9.59 Å². The van der Waals surface area contributed by atoms with Gasteiger partial charge < -0.3 is 10.2 Å². The third-order valence-electron chi connectivity index (χ3n) is 4.19. The number of rotatable bonds is 4. The first-order chi connectivity index (χ1) is 12.0. The van der Waals surface area contributed by atoms with Crippen molar-refractivity contribution in [2.24, 2.45) is 0 Å². The molecule has 0 aromatic heterocycles. The first kappa shape index (κ1) is 17.8. The number of carbonyl (C=O) groups is 2. The molecule has 0 bridgehead atoms. The second-order valence-electron chi connectivity index (χ2n) is 5.93. The quantitative estimate of drug-likeness (QED) is 0.873. The summed E-state index contributed by atoms with van der Waals surface area (Å²) in [5, 5.41) is 4.03. The van der Waals surface area contributed by atoms with Crippen LogP contribution in [0.2, 0.25) is 10.0 Å². The molecule has 3 rings (SSSR count). The fourth-order valence-corrected chi connectivity index (χ4v) is 3.27. The van der Waals surface area contributed by atoms with Crippen LogP contribution in [-0.4, -0.2) is 24.9 Å². The lowest BCUT2D eigenvalue weighted by Gasteiger charge is -2.29. The lowest BCUT2D eigenvalue weighted by molar-refractivity contribution is -0.118. The highest BCUT2D eigenvalue weighted by molar-refractivity contribution is 6.31. The molecule has 2 aromatic rings. The Morgan fingerprint density at radius 1 is 1.04 bits per heavy atom. The highest BCUT2D eigenvalue weighted by Crippen LogP contribution is 2.29. The fraction of sp³-hybridized carbons (Fsp3) is 0.263. The predicted octanol–water partition coefficient (Wildman–Crippen LogP) is 4.09. The van der Waals surface area contributed by atoms with E-state index in [1.54, 1.807) is 35.2 Å². The van der Waals surface area contributed by atoms with Crippen molar-refractivity contribution in [3.8, 4) is 0 Å². The predicted molar refractivity (Wildman–Crippen MR) is 101 cm³/mol. The van der Waals surface area contributed by atoms with Gasteiger partial charge in [-0.1, -0.05) is 23.2 Å². The number of amides is 2. The van der Waals surface area contributed by atoms with Crippen LogP contribution in [0.25, 0.3) is 0 Å². The number of anilines is 1. The zero-order valence-electron chi connectivity index (χ0n) is 13.6. The molecule has 130 valence electrons. The Morgan fingerprint density at radius 3 is 2.52 bits per heavy atom. The molecule has 0 atom stereocenters. The van der Waals surface area contributed by atoms with Gasteiger partial charge in [0, 0.05) is 40.8 Å². The number of hydrogen-bond acceptors (Lipinski definition) is 2. The first-order valence-corrected chi connectivity index (χ1v) is 8.93. The molecule has 6 heteroatoms. The van der Waals surface area contributed by atoms with Crippen LogP contribution in [0.4, 0.5) is 5.69 Å². The summed E-state index contributed by atoms with van der Waals surface area (Å²) in [5.74, 6) is -0.213. The lowest BCUT2D eigenvalue weighted by atomic mass is 10.0. The van der Waals surface area contributed by atoms with Gasteiger partial charge >= 0.3 is 0 Å². The second kappa shape index (κ2) is 7.89. The molecule has 0 radical (unpaired) electrons. The van der Waals surface area contributed by atoms with E-state index in [0.717, 1.165) is 24.1 Å². The highest BCUT2D eigenvalue weighted by Gasteiger charge is 2.22. The minimum absolute atomic E-state index is 0.000298. The van der Waals surface area contributed by atoms with E-state index < -0.39 is 0 Å². The van der Waals surface area contributed by atoms with Crippen LogP contribution < -0.4 is 10.2 Å². The number of nitrogens with zero attached hydrogens (tertiary/aromatic N) is 1. The molecule has 0 unspecified atom stereocenters. The molecule has 2 amide bonds. The van der Waals surface area contributed by atoms with Crippen molar-refractivity contribution in [1.82, 2.24) is 5.32 Å². The number of fused-ring (bicyclic) bond motifs is 1. The summed E-state index contributed by atoms with van der Waals surface area (Å²) in [5.41, 5.74) is 2.54. The largest absolute Gasteiger partial charge is 0.352 e. The smallest absolute Gasteiger partial charge is 0.251 e. The molecular weight excluding hydrogens is 359 g/mol. The zero-order valence-corrected chi connectivity index (χ0v) is 15.1. The summed E-state index contributed by atoms with van der Waals surface area (Å²) in [4.78, 5) is 26.4. The monoisotopic (exact) mass is 376 g/mol. The van der Waals surface area contributed by atoms with Crippen molar-refractivity contribution < 1.29 is 9.59 Å². The van der Waals surface area contributed by atoms with Gasteiger partial charge in [0.05, 0.1) is 0 Å². The Balaban J connectivity index is 1.57. The van der Waals surface area contributed by atoms with E-state index in [0.29, 0.717) is 28.7 Å². The minimum Gasteiger partial charge on any atom is -0.352 e. The summed E-state index contributed by atoms with van der Waals surface area (Å²) in [6, 6.07) is 12.2. The van der Waals surface area contributed by atoms with Gasteiger partial charge in [-0.15, -0.1) is 0 Å². The Hall–Kier alpha value is -2.04. The van der Waals surface area contributed by atoms with Gasteiger partial charge in [0.25, 0.3) is 5.91 Å². The Morgan fingerprint density at radius 2 is 1.76 bits per heavy atom. The molecule has 1 N–H and O–H groups in total. The standard InChI is InChI=1S/C19H18Cl2N2O2/c20-15-5-3-13(4-6-15)19(25)22-10-9-18(24)23-11-1-2-14-12-16(21)7-8-17(14)23/h3-8,12H,1-2,9-11H2,(H,22,25). The number of nitrogens with one attached hydrogen (secondary N) is 1. The molecule has 1 heterocycles. The maximum atomic E-state index is 12.5. The normalized spacial score (nSPS) is 13.3. The maximum absolute atomic E-state index is 12.5. The topological polar surface area (TPSA) is 49.4 Å². The molecule has 25 heavy (non-hydrogen) atoms. The van der Waals surface area contributed by atoms with Crippen molar-refractivity contribution in [3.63, 3.8) is 0 Å². The van der Waals surface area contributed by atoms with Gasteiger partial charge in [0.15, 0.2) is 0 Å². The SMILES string of the molecule is O=C(NCCC(=O)N1CCCc2cc(Cl)ccc21)c1ccc(Cl)cc1. The average Bonchev–Trinajstić information content (AvgIpc) is 2.61. The van der Waals surface area contributed by atoms with Crippen molar-refractivity contribution in [3.05, 3.63) is 63.6 Å². The Kier molecular flexibility index (Phi) is 5.61. The van der Waals surface area contributed by atoms with Gasteiger partial charge in [-0.05, 0) is 60.9 Å². The van der Waals surface area contributed by atoms with E-state index in [4.69, 9.17) is 23.2 Å². The number of benzene rings is 2. The third kappa shape index (κ3) is 4.33. The van der Waals surface area contributed by atoms with Crippen LogP contribution in [-0.2, 0) is 11.2 Å². The molecule has 0 fully saturated rings. The number of carbonyl (C=O) groups excluding carboxylic acids is 2. The molecule has 0 saturated heterocycles. The summed E-state index contributed by atoms with van der Waals surface area (Å²) in [6.07, 6.45) is 2.09. The Labute approximate surface area is 156 Å². The summed E-state index contributed by atoms with van der Waals surface area (Å²) >= 11 is 11.8. The summed E-state index contributed by atoms with van der Waals surface area (Å²) in [6.45, 7) is 0.984. The van der Waals surface area contributed by atoms with Crippen molar-refractivity contribution >= 4 is 40.7 Å². The average molecular weight is 377 g/mol. The summed E-state index contributed by atoms with van der Waals surface area (Å²) in [7, 11) is 0. The maximum Gasteiger partial charge on any atom is 0.251 e. The van der Waals surface area contributed by atoms with Crippen LogP contribution in [0.1, 0.15) is 28.8 Å². The van der Waals surface area contributed by atoms with Crippen LogP contribution in [0.15, 0.2) is 42.5 Å². The van der Waals surface area contributed by atoms with Crippen molar-refractivity contribution in [1.29, 1.82) is 0 Å². The lowest BCUT2D eigenvalue weighted by Crippen LogP contribution is -2.37. The van der Waals surface area contributed by atoms with Gasteiger partial charge in [-0.25, -0.2) is 0 Å². The van der Waals surface area contributed by atoms with E-state index >= 15 is 0 Å². The minimum atomic E-state index is -0.213. The molecule has 2 aromatic carbocycles. The first-order valence-electron chi connectivity index (χ1n) is 8.17. The summed E-state index contributed by atoms with van der Waals surface area (Å²) < 4.78 is 0. The van der Waals surface area contributed by atoms with Gasteiger partial charge in [-0.2, -0.15) is 0 Å². The highest BCUT2D eigenvalue weighted by atomic mass is 35.5. The van der Waals surface area contributed by atoms with Crippen LogP contribution in [0.5, 0.6) is 0 Å². The van der Waals surface area contributed by atoms with Crippen molar-refractivity contribution in [2.75, 3.05) is 18.0 Å². The fourth-order valence-electron chi connectivity index (χ4n) is 2.95. The van der Waals surface area contributed by atoms with Crippen LogP contribution in [0, 0.1) is 0 Å². The zero-order chi connectivity index (χ0) is 17.8. The number of halogens is 2. The number of aryl methyl sites for hydroxylation is 1. The van der Waals surface area contributed by atoms with Crippen molar-refractivity contribution in [2.45, 2.75) is 19.3 Å². The van der Waals surface area contributed by atoms with Gasteiger partial charge in [0.2, 0.25) is 5.91 Å². The van der Waals surface area contributed by atoms with E-state index in [2.05, 4.69) is 5.32 Å². The van der Waals surface area contributed by atoms with Gasteiger partial charge in [0.1, 0.15) is 0 Å². The molecule has 1 aliphatic heterocycles.